The zero-order valence-corrected chi connectivity index (χ0v) is 12.2. The van der Waals surface area contributed by atoms with Crippen LogP contribution in [0.1, 0.15) is 40.5 Å². The molecule has 0 aliphatic rings. The maximum absolute atomic E-state index is 12.2. The first kappa shape index (κ1) is 17.4. The molecule has 0 aromatic heterocycles. The molecule has 0 aromatic carbocycles. The van der Waals surface area contributed by atoms with Crippen molar-refractivity contribution in [3.05, 3.63) is 0 Å². The fourth-order valence-corrected chi connectivity index (χ4v) is 1.55. The maximum Gasteiger partial charge on any atom is 0.305 e. The standard InChI is InChI=1S/C13H24N2O4/c1-10(16)14-7-5-8-15(9-6-11(17)18)12(19)13(2,3)4/h5-9H2,1-4H3,(H,14,16)(H,17,18). The normalized spacial score (nSPS) is 10.9. The van der Waals surface area contributed by atoms with Crippen molar-refractivity contribution in [1.29, 1.82) is 0 Å². The molecule has 2 N–H and O–H groups in total. The fourth-order valence-electron chi connectivity index (χ4n) is 1.55. The van der Waals surface area contributed by atoms with Crippen LogP contribution < -0.4 is 5.32 Å². The number of hydrogen-bond acceptors (Lipinski definition) is 3. The molecule has 6 nitrogen and oxygen atoms in total. The van der Waals surface area contributed by atoms with Gasteiger partial charge in [0.25, 0.3) is 0 Å². The van der Waals surface area contributed by atoms with E-state index in [2.05, 4.69) is 5.32 Å². The van der Waals surface area contributed by atoms with Gasteiger partial charge in [-0.1, -0.05) is 20.8 Å². The van der Waals surface area contributed by atoms with Crippen molar-refractivity contribution >= 4 is 17.8 Å². The van der Waals surface area contributed by atoms with E-state index in [4.69, 9.17) is 5.11 Å². The van der Waals surface area contributed by atoms with Gasteiger partial charge in [-0.25, -0.2) is 0 Å². The Morgan fingerprint density at radius 3 is 2.16 bits per heavy atom. The third kappa shape index (κ3) is 8.18. The number of rotatable bonds is 7. The number of carbonyl (C=O) groups excluding carboxylic acids is 2. The number of amides is 2. The van der Waals surface area contributed by atoms with E-state index in [0.29, 0.717) is 19.5 Å². The van der Waals surface area contributed by atoms with Crippen molar-refractivity contribution in [2.45, 2.75) is 40.5 Å². The molecule has 6 heteroatoms. The van der Waals surface area contributed by atoms with Gasteiger partial charge >= 0.3 is 5.97 Å². The van der Waals surface area contributed by atoms with Crippen LogP contribution in [0.4, 0.5) is 0 Å². The predicted octanol–water partition coefficient (Wildman–Crippen LogP) is 0.862. The van der Waals surface area contributed by atoms with Gasteiger partial charge < -0.3 is 15.3 Å². The van der Waals surface area contributed by atoms with E-state index >= 15 is 0 Å². The molecule has 0 saturated heterocycles. The molecule has 0 fully saturated rings. The van der Waals surface area contributed by atoms with Crippen molar-refractivity contribution in [3.8, 4) is 0 Å². The molecule has 0 aliphatic carbocycles. The first-order valence-corrected chi connectivity index (χ1v) is 6.40. The second-order valence-corrected chi connectivity index (χ2v) is 5.52. The highest BCUT2D eigenvalue weighted by molar-refractivity contribution is 5.82. The molecule has 19 heavy (non-hydrogen) atoms. The Hall–Kier alpha value is -1.59. The SMILES string of the molecule is CC(=O)NCCCN(CCC(=O)O)C(=O)C(C)(C)C. The summed E-state index contributed by atoms with van der Waals surface area (Å²) in [7, 11) is 0. The third-order valence-corrected chi connectivity index (χ3v) is 2.50. The fraction of sp³-hybridized carbons (Fsp3) is 0.769. The van der Waals surface area contributed by atoms with Crippen molar-refractivity contribution in [2.75, 3.05) is 19.6 Å². The van der Waals surface area contributed by atoms with Gasteiger partial charge in [-0.15, -0.1) is 0 Å². The van der Waals surface area contributed by atoms with Gasteiger partial charge in [0, 0.05) is 32.0 Å². The number of carboxylic acid groups (broad SMARTS) is 1. The van der Waals surface area contributed by atoms with Crippen LogP contribution in [0.3, 0.4) is 0 Å². The van der Waals surface area contributed by atoms with Crippen LogP contribution in [0.2, 0.25) is 0 Å². The van der Waals surface area contributed by atoms with E-state index in [-0.39, 0.29) is 24.8 Å². The smallest absolute Gasteiger partial charge is 0.305 e. The summed E-state index contributed by atoms with van der Waals surface area (Å²) in [6.07, 6.45) is 0.545. The number of nitrogens with zero attached hydrogens (tertiary/aromatic N) is 1. The number of aliphatic carboxylic acids is 1. The van der Waals surface area contributed by atoms with Crippen LogP contribution in [-0.2, 0) is 14.4 Å². The van der Waals surface area contributed by atoms with Gasteiger partial charge in [0.15, 0.2) is 0 Å². The van der Waals surface area contributed by atoms with Crippen molar-refractivity contribution in [2.24, 2.45) is 5.41 Å². The van der Waals surface area contributed by atoms with E-state index < -0.39 is 11.4 Å². The number of nitrogens with one attached hydrogen (secondary N) is 1. The largest absolute Gasteiger partial charge is 0.481 e. The second-order valence-electron chi connectivity index (χ2n) is 5.52. The molecular weight excluding hydrogens is 248 g/mol. The summed E-state index contributed by atoms with van der Waals surface area (Å²) < 4.78 is 0. The topological polar surface area (TPSA) is 86.7 Å². The number of carbonyl (C=O) groups is 3. The van der Waals surface area contributed by atoms with Crippen LogP contribution in [0.15, 0.2) is 0 Å². The summed E-state index contributed by atoms with van der Waals surface area (Å²) in [5.74, 6) is -1.11. The Morgan fingerprint density at radius 1 is 1.16 bits per heavy atom. The lowest BCUT2D eigenvalue weighted by molar-refractivity contribution is -0.142. The monoisotopic (exact) mass is 272 g/mol. The highest BCUT2D eigenvalue weighted by Crippen LogP contribution is 2.17. The zero-order valence-electron chi connectivity index (χ0n) is 12.2. The maximum atomic E-state index is 12.2. The summed E-state index contributed by atoms with van der Waals surface area (Å²) in [5, 5.41) is 11.3. The number of hydrogen-bond donors (Lipinski definition) is 2. The molecule has 0 unspecified atom stereocenters. The predicted molar refractivity (Wildman–Crippen MR) is 71.6 cm³/mol. The molecule has 0 atom stereocenters. The van der Waals surface area contributed by atoms with E-state index in [1.807, 2.05) is 0 Å². The lowest BCUT2D eigenvalue weighted by Gasteiger charge is -2.29. The van der Waals surface area contributed by atoms with Gasteiger partial charge in [-0.2, -0.15) is 0 Å². The molecule has 2 amide bonds. The molecule has 0 saturated carbocycles. The van der Waals surface area contributed by atoms with Gasteiger partial charge in [-0.3, -0.25) is 14.4 Å². The minimum Gasteiger partial charge on any atom is -0.481 e. The lowest BCUT2D eigenvalue weighted by atomic mass is 9.94. The molecule has 0 radical (unpaired) electrons. The molecule has 110 valence electrons. The van der Waals surface area contributed by atoms with Crippen molar-refractivity contribution in [3.63, 3.8) is 0 Å². The molecule has 0 heterocycles. The highest BCUT2D eigenvalue weighted by Gasteiger charge is 2.27. The van der Waals surface area contributed by atoms with Gasteiger partial charge in [0.1, 0.15) is 0 Å². The molecule has 0 aromatic rings. The van der Waals surface area contributed by atoms with E-state index in [0.717, 1.165) is 0 Å². The van der Waals surface area contributed by atoms with Crippen molar-refractivity contribution in [1.82, 2.24) is 10.2 Å². The Balaban J connectivity index is 4.37. The molecule has 0 bridgehead atoms. The Morgan fingerprint density at radius 2 is 1.74 bits per heavy atom. The van der Waals surface area contributed by atoms with Crippen molar-refractivity contribution < 1.29 is 19.5 Å². The van der Waals surface area contributed by atoms with Crippen LogP contribution in [0.5, 0.6) is 0 Å². The van der Waals surface area contributed by atoms with Gasteiger partial charge in [-0.05, 0) is 6.42 Å². The van der Waals surface area contributed by atoms with Gasteiger partial charge in [0.2, 0.25) is 11.8 Å². The van der Waals surface area contributed by atoms with Gasteiger partial charge in [0.05, 0.1) is 6.42 Å². The average molecular weight is 272 g/mol. The Labute approximate surface area is 114 Å². The summed E-state index contributed by atoms with van der Waals surface area (Å²) in [4.78, 5) is 35.0. The Bertz CT molecular complexity index is 334. The summed E-state index contributed by atoms with van der Waals surface area (Å²) >= 11 is 0. The molecule has 0 aliphatic heterocycles. The van der Waals surface area contributed by atoms with Crippen LogP contribution in [0.25, 0.3) is 0 Å². The molecule has 0 rings (SSSR count). The highest BCUT2D eigenvalue weighted by atomic mass is 16.4. The van der Waals surface area contributed by atoms with E-state index in [1.165, 1.54) is 6.92 Å². The van der Waals surface area contributed by atoms with E-state index in [9.17, 15) is 14.4 Å². The minimum atomic E-state index is -0.923. The quantitative estimate of drug-likeness (QED) is 0.673. The minimum absolute atomic E-state index is 0.0675. The second kappa shape index (κ2) is 7.76. The van der Waals surface area contributed by atoms with Crippen LogP contribution in [-0.4, -0.2) is 47.4 Å². The number of carboxylic acids is 1. The average Bonchev–Trinajstić information content (AvgIpc) is 2.25. The molecule has 0 spiro atoms. The summed E-state index contributed by atoms with van der Waals surface area (Å²) in [5.41, 5.74) is -0.535. The lowest BCUT2D eigenvalue weighted by Crippen LogP contribution is -2.42. The first-order chi connectivity index (χ1) is 8.64. The summed E-state index contributed by atoms with van der Waals surface area (Å²) in [6, 6.07) is 0. The first-order valence-electron chi connectivity index (χ1n) is 6.40. The zero-order chi connectivity index (χ0) is 15.1. The van der Waals surface area contributed by atoms with Crippen LogP contribution >= 0.6 is 0 Å². The summed E-state index contributed by atoms with van der Waals surface area (Å²) in [6.45, 7) is 7.97. The molecular formula is C13H24N2O4. The third-order valence-electron chi connectivity index (χ3n) is 2.50. The Kier molecular flexibility index (Phi) is 7.11. The van der Waals surface area contributed by atoms with Crippen LogP contribution in [0, 0.1) is 5.41 Å². The van der Waals surface area contributed by atoms with E-state index in [1.54, 1.807) is 25.7 Å².